The minimum atomic E-state index is -0.628. The Bertz CT molecular complexity index is 1340. The van der Waals surface area contributed by atoms with Gasteiger partial charge in [0.25, 0.3) is 0 Å². The summed E-state index contributed by atoms with van der Waals surface area (Å²) in [4.78, 5) is 25.2. The van der Waals surface area contributed by atoms with Crippen LogP contribution in [0, 0.1) is 5.92 Å². The molecule has 1 saturated carbocycles. The van der Waals surface area contributed by atoms with Crippen LogP contribution < -0.4 is 14.9 Å². The molecule has 1 N–H and O–H groups in total. The average molecular weight is 481 g/mol. The van der Waals surface area contributed by atoms with Crippen LogP contribution in [0.1, 0.15) is 33.7 Å². The summed E-state index contributed by atoms with van der Waals surface area (Å²) >= 11 is 0. The van der Waals surface area contributed by atoms with Crippen molar-refractivity contribution < 1.29 is 23.5 Å². The SMILES string of the molecule is COc1cc(/C=N\NC(=O)[C@H]2CC2(c2ccccc2)c2ccccc2)ccc1OC(=O)c1ccco1. The lowest BCUT2D eigenvalue weighted by atomic mass is 9.85. The van der Waals surface area contributed by atoms with E-state index in [1.165, 1.54) is 25.7 Å². The van der Waals surface area contributed by atoms with Gasteiger partial charge in [0.15, 0.2) is 11.5 Å². The molecule has 0 radical (unpaired) electrons. The Morgan fingerprint density at radius 2 is 1.64 bits per heavy atom. The first-order valence-corrected chi connectivity index (χ1v) is 11.5. The minimum Gasteiger partial charge on any atom is -0.493 e. The zero-order chi connectivity index (χ0) is 25.0. The fourth-order valence-electron chi connectivity index (χ4n) is 4.50. The quantitative estimate of drug-likeness (QED) is 0.167. The number of esters is 1. The summed E-state index contributed by atoms with van der Waals surface area (Å²) in [6, 6.07) is 28.3. The molecule has 0 aliphatic heterocycles. The van der Waals surface area contributed by atoms with Crippen molar-refractivity contribution in [2.45, 2.75) is 11.8 Å². The predicted octanol–water partition coefficient (Wildman–Crippen LogP) is 4.96. The van der Waals surface area contributed by atoms with Gasteiger partial charge in [0.05, 0.1) is 25.5 Å². The van der Waals surface area contributed by atoms with E-state index in [-0.39, 0.29) is 28.7 Å². The number of hydrazone groups is 1. The molecule has 1 aliphatic carbocycles. The third kappa shape index (κ3) is 4.51. The molecule has 4 aromatic rings. The number of rotatable bonds is 8. The number of hydrogen-bond donors (Lipinski definition) is 1. The smallest absolute Gasteiger partial charge is 0.379 e. The number of ether oxygens (including phenoxy) is 2. The Balaban J connectivity index is 1.27. The molecule has 36 heavy (non-hydrogen) atoms. The number of amides is 1. The Morgan fingerprint density at radius 3 is 2.25 bits per heavy atom. The van der Waals surface area contributed by atoms with Crippen LogP contribution in [0.3, 0.4) is 0 Å². The predicted molar refractivity (Wildman–Crippen MR) is 134 cm³/mol. The van der Waals surface area contributed by atoms with Crippen molar-refractivity contribution in [3.8, 4) is 11.5 Å². The molecule has 0 spiro atoms. The molecule has 0 unspecified atom stereocenters. The molecule has 1 aromatic heterocycles. The molecule has 1 aliphatic rings. The molecule has 1 amide bonds. The molecule has 7 nitrogen and oxygen atoms in total. The molecule has 5 rings (SSSR count). The molecule has 1 atom stereocenters. The first kappa shape index (κ1) is 23.1. The number of carbonyl (C=O) groups is 2. The van der Waals surface area contributed by atoms with Gasteiger partial charge < -0.3 is 13.9 Å². The van der Waals surface area contributed by atoms with Crippen molar-refractivity contribution in [1.82, 2.24) is 5.43 Å². The first-order chi connectivity index (χ1) is 17.6. The molecule has 7 heteroatoms. The highest BCUT2D eigenvalue weighted by molar-refractivity contribution is 5.89. The fraction of sp³-hybridized carbons (Fsp3) is 0.138. The van der Waals surface area contributed by atoms with E-state index >= 15 is 0 Å². The van der Waals surface area contributed by atoms with Gasteiger partial charge in [-0.2, -0.15) is 5.10 Å². The molecule has 0 saturated heterocycles. The molecule has 180 valence electrons. The van der Waals surface area contributed by atoms with Crippen LogP contribution >= 0.6 is 0 Å². The van der Waals surface area contributed by atoms with Gasteiger partial charge >= 0.3 is 5.97 Å². The van der Waals surface area contributed by atoms with Gasteiger partial charge in [-0.1, -0.05) is 60.7 Å². The topological polar surface area (TPSA) is 90.1 Å². The van der Waals surface area contributed by atoms with Crippen molar-refractivity contribution in [3.63, 3.8) is 0 Å². The summed E-state index contributed by atoms with van der Waals surface area (Å²) < 4.78 is 15.8. The van der Waals surface area contributed by atoms with Crippen LogP contribution in [-0.4, -0.2) is 25.2 Å². The second-order valence-corrected chi connectivity index (χ2v) is 8.47. The molecular formula is C29H24N2O5. The van der Waals surface area contributed by atoms with E-state index < -0.39 is 5.97 Å². The molecular weight excluding hydrogens is 456 g/mol. The van der Waals surface area contributed by atoms with Crippen molar-refractivity contribution >= 4 is 18.1 Å². The van der Waals surface area contributed by atoms with E-state index in [0.717, 1.165) is 11.1 Å². The summed E-state index contributed by atoms with van der Waals surface area (Å²) in [6.07, 6.45) is 3.63. The summed E-state index contributed by atoms with van der Waals surface area (Å²) in [7, 11) is 1.47. The lowest BCUT2D eigenvalue weighted by Crippen LogP contribution is -2.25. The third-order valence-corrected chi connectivity index (χ3v) is 6.36. The summed E-state index contributed by atoms with van der Waals surface area (Å²) in [5.74, 6) is -0.315. The van der Waals surface area contributed by atoms with Crippen LogP contribution in [0.4, 0.5) is 0 Å². The Kier molecular flexibility index (Phi) is 6.36. The van der Waals surface area contributed by atoms with Crippen LogP contribution in [0.5, 0.6) is 11.5 Å². The highest BCUT2D eigenvalue weighted by atomic mass is 16.6. The second kappa shape index (κ2) is 9.92. The summed E-state index contributed by atoms with van der Waals surface area (Å²) in [5.41, 5.74) is 5.22. The van der Waals surface area contributed by atoms with Crippen molar-refractivity contribution in [2.24, 2.45) is 11.0 Å². The van der Waals surface area contributed by atoms with Crippen LogP contribution in [0.15, 0.2) is 107 Å². The fourth-order valence-corrected chi connectivity index (χ4v) is 4.50. The van der Waals surface area contributed by atoms with Gasteiger partial charge in [0, 0.05) is 5.41 Å². The van der Waals surface area contributed by atoms with E-state index in [1.807, 2.05) is 36.4 Å². The lowest BCUT2D eigenvalue weighted by Gasteiger charge is -2.18. The van der Waals surface area contributed by atoms with Crippen LogP contribution in [0.25, 0.3) is 0 Å². The van der Waals surface area contributed by atoms with Gasteiger partial charge in [-0.25, -0.2) is 10.2 Å². The second-order valence-electron chi connectivity index (χ2n) is 8.47. The lowest BCUT2D eigenvalue weighted by molar-refractivity contribution is -0.122. The normalized spacial score (nSPS) is 15.9. The maximum atomic E-state index is 13.1. The third-order valence-electron chi connectivity index (χ3n) is 6.36. The number of benzene rings is 3. The Hall–Kier alpha value is -4.65. The van der Waals surface area contributed by atoms with E-state index in [4.69, 9.17) is 13.9 Å². The zero-order valence-electron chi connectivity index (χ0n) is 19.6. The number of furan rings is 1. The van der Waals surface area contributed by atoms with Crippen molar-refractivity contribution in [2.75, 3.05) is 7.11 Å². The molecule has 1 fully saturated rings. The van der Waals surface area contributed by atoms with E-state index in [9.17, 15) is 9.59 Å². The number of nitrogens with one attached hydrogen (secondary N) is 1. The van der Waals surface area contributed by atoms with E-state index in [2.05, 4.69) is 34.8 Å². The number of hydrogen-bond acceptors (Lipinski definition) is 6. The van der Waals surface area contributed by atoms with Crippen LogP contribution in [-0.2, 0) is 10.2 Å². The Morgan fingerprint density at radius 1 is 0.944 bits per heavy atom. The monoisotopic (exact) mass is 480 g/mol. The van der Waals surface area contributed by atoms with Gasteiger partial charge in [0.2, 0.25) is 11.7 Å². The minimum absolute atomic E-state index is 0.0903. The first-order valence-electron chi connectivity index (χ1n) is 11.5. The standard InChI is InChI=1S/C29H24N2O5/c1-34-26-17-20(14-15-24(26)36-28(33)25-13-8-16-35-25)19-30-31-27(32)23-18-29(23,21-9-4-2-5-10-21)22-11-6-3-7-12-22/h2-17,19,23H,18H2,1H3,(H,31,32)/b30-19-/t23-/m1/s1. The molecule has 1 heterocycles. The number of nitrogens with zero attached hydrogens (tertiary/aromatic N) is 1. The van der Waals surface area contributed by atoms with Crippen molar-refractivity contribution in [1.29, 1.82) is 0 Å². The van der Waals surface area contributed by atoms with Gasteiger partial charge in [-0.15, -0.1) is 0 Å². The highest BCUT2D eigenvalue weighted by Gasteiger charge is 2.60. The van der Waals surface area contributed by atoms with Crippen LogP contribution in [0.2, 0.25) is 0 Å². The Labute approximate surface area is 208 Å². The molecule has 0 bridgehead atoms. The number of carbonyl (C=O) groups excluding carboxylic acids is 2. The maximum absolute atomic E-state index is 13.1. The van der Waals surface area contributed by atoms with Gasteiger partial charge in [0.1, 0.15) is 0 Å². The average Bonchev–Trinajstić information content (AvgIpc) is 3.45. The van der Waals surface area contributed by atoms with Gasteiger partial charge in [-0.3, -0.25) is 4.79 Å². The summed E-state index contributed by atoms with van der Waals surface area (Å²) in [5, 5.41) is 4.16. The zero-order valence-corrected chi connectivity index (χ0v) is 19.6. The van der Waals surface area contributed by atoms with E-state index in [1.54, 1.807) is 24.3 Å². The summed E-state index contributed by atoms with van der Waals surface area (Å²) in [6.45, 7) is 0. The maximum Gasteiger partial charge on any atom is 0.379 e. The van der Waals surface area contributed by atoms with Gasteiger partial charge in [-0.05, 0) is 53.4 Å². The van der Waals surface area contributed by atoms with E-state index in [0.29, 0.717) is 17.7 Å². The largest absolute Gasteiger partial charge is 0.493 e. The van der Waals surface area contributed by atoms with Crippen molar-refractivity contribution in [3.05, 3.63) is 120 Å². The highest BCUT2D eigenvalue weighted by Crippen LogP contribution is 2.58. The molecule has 3 aromatic carbocycles. The number of methoxy groups -OCH3 is 1.